The molecule has 66 valence electrons. The lowest BCUT2D eigenvalue weighted by Gasteiger charge is -2.24. The minimum absolute atomic E-state index is 0.242. The van der Waals surface area contributed by atoms with E-state index in [0.717, 1.165) is 0 Å². The molecule has 0 spiro atoms. The van der Waals surface area contributed by atoms with Gasteiger partial charge in [0.15, 0.2) is 0 Å². The molecule has 11 heavy (non-hydrogen) atoms. The number of primary sulfonamides is 1. The summed E-state index contributed by atoms with van der Waals surface area (Å²) in [5.74, 6) is 0. The summed E-state index contributed by atoms with van der Waals surface area (Å²) < 4.78 is 21.5. The van der Waals surface area contributed by atoms with E-state index in [2.05, 4.69) is 5.32 Å². The number of β-amino-alcohol motifs (C(OH)–C–C–N with tert-alkyl or cyclic N) is 1. The Hall–Kier alpha value is -0.170. The molecule has 6 heteroatoms. The third-order valence-corrected chi connectivity index (χ3v) is 3.04. The molecule has 0 saturated carbocycles. The van der Waals surface area contributed by atoms with Gasteiger partial charge in [-0.2, -0.15) is 0 Å². The number of hydrogen-bond acceptors (Lipinski definition) is 4. The second-order valence-electron chi connectivity index (χ2n) is 2.76. The molecule has 1 heterocycles. The molecule has 0 aromatic heterocycles. The number of nitrogens with one attached hydrogen (secondary N) is 1. The van der Waals surface area contributed by atoms with Gasteiger partial charge in [0.1, 0.15) is 0 Å². The lowest BCUT2D eigenvalue weighted by molar-refractivity contribution is 0.143. The molecule has 1 aliphatic heterocycles. The van der Waals surface area contributed by atoms with Crippen LogP contribution in [-0.2, 0) is 10.0 Å². The maximum atomic E-state index is 10.8. The molecule has 4 N–H and O–H groups in total. The van der Waals surface area contributed by atoms with Crippen molar-refractivity contribution in [2.24, 2.45) is 5.14 Å². The normalized spacial score (nSPS) is 33.6. The van der Waals surface area contributed by atoms with Crippen molar-refractivity contribution in [2.45, 2.75) is 17.8 Å². The number of piperidine rings is 1. The van der Waals surface area contributed by atoms with Crippen molar-refractivity contribution >= 4 is 10.0 Å². The average Bonchev–Trinajstić information content (AvgIpc) is 1.86. The lowest BCUT2D eigenvalue weighted by Crippen LogP contribution is -2.47. The first kappa shape index (κ1) is 8.92. The number of nitrogens with two attached hydrogens (primary N) is 1. The quantitative estimate of drug-likeness (QED) is 0.435. The van der Waals surface area contributed by atoms with E-state index in [1.54, 1.807) is 0 Å². The highest BCUT2D eigenvalue weighted by atomic mass is 32.2. The Bertz CT molecular complexity index is 226. The average molecular weight is 180 g/mol. The number of aliphatic hydroxyl groups is 1. The van der Waals surface area contributed by atoms with Gasteiger partial charge in [-0.05, 0) is 6.42 Å². The van der Waals surface area contributed by atoms with Crippen molar-refractivity contribution in [1.82, 2.24) is 5.32 Å². The number of aliphatic hydroxyl groups excluding tert-OH is 1. The maximum absolute atomic E-state index is 10.8. The largest absolute Gasteiger partial charge is 0.392 e. The molecule has 0 unspecified atom stereocenters. The van der Waals surface area contributed by atoms with Gasteiger partial charge in [-0.15, -0.1) is 0 Å². The van der Waals surface area contributed by atoms with E-state index >= 15 is 0 Å². The van der Waals surface area contributed by atoms with Gasteiger partial charge in [0.2, 0.25) is 10.0 Å². The number of rotatable bonds is 1. The fourth-order valence-electron chi connectivity index (χ4n) is 1.13. The van der Waals surface area contributed by atoms with Crippen molar-refractivity contribution in [3.05, 3.63) is 0 Å². The molecule has 1 rings (SSSR count). The van der Waals surface area contributed by atoms with Crippen LogP contribution in [0.25, 0.3) is 0 Å². The monoisotopic (exact) mass is 180 g/mol. The Balaban J connectivity index is 2.60. The summed E-state index contributed by atoms with van der Waals surface area (Å²) in [5, 5.41) is 16.1. The molecule has 0 bridgehead atoms. The van der Waals surface area contributed by atoms with E-state index in [-0.39, 0.29) is 6.42 Å². The molecule has 1 aliphatic rings. The molecule has 0 aromatic carbocycles. The highest BCUT2D eigenvalue weighted by Gasteiger charge is 2.27. The standard InChI is InChI=1S/C5H12N2O3S/c6-11(9,10)5-1-4(8)2-7-3-5/h4-5,7-8H,1-3H2,(H2,6,9,10)/t4-,5+/m1/s1. The highest BCUT2D eigenvalue weighted by Crippen LogP contribution is 2.08. The number of hydrogen-bond donors (Lipinski definition) is 3. The number of sulfonamides is 1. The minimum Gasteiger partial charge on any atom is -0.392 e. The molecular formula is C5H12N2O3S. The Labute approximate surface area is 65.6 Å². The Morgan fingerprint density at radius 2 is 2.09 bits per heavy atom. The summed E-state index contributed by atoms with van der Waals surface area (Å²) in [4.78, 5) is 0. The van der Waals surface area contributed by atoms with Crippen molar-refractivity contribution in [3.63, 3.8) is 0 Å². The van der Waals surface area contributed by atoms with E-state index in [9.17, 15) is 8.42 Å². The molecular weight excluding hydrogens is 168 g/mol. The second kappa shape index (κ2) is 3.06. The van der Waals surface area contributed by atoms with Crippen LogP contribution in [0.1, 0.15) is 6.42 Å². The van der Waals surface area contributed by atoms with E-state index in [1.165, 1.54) is 0 Å². The molecule has 1 fully saturated rings. The van der Waals surface area contributed by atoms with Crippen LogP contribution in [0.5, 0.6) is 0 Å². The SMILES string of the molecule is NS(=O)(=O)[C@@H]1CNC[C@H](O)C1. The summed E-state index contributed by atoms with van der Waals surface area (Å²) in [5.41, 5.74) is 0. The predicted octanol–water partition coefficient (Wildman–Crippen LogP) is -2.00. The van der Waals surface area contributed by atoms with Crippen LogP contribution in [0.2, 0.25) is 0 Å². The Kier molecular flexibility index (Phi) is 2.48. The van der Waals surface area contributed by atoms with E-state index < -0.39 is 21.4 Å². The predicted molar refractivity (Wildman–Crippen MR) is 40.4 cm³/mol. The summed E-state index contributed by atoms with van der Waals surface area (Å²) in [6.07, 6.45) is -0.349. The van der Waals surface area contributed by atoms with Gasteiger partial charge in [0.05, 0.1) is 11.4 Å². The van der Waals surface area contributed by atoms with E-state index in [0.29, 0.717) is 13.1 Å². The highest BCUT2D eigenvalue weighted by molar-refractivity contribution is 7.89. The molecule has 0 amide bonds. The first-order valence-corrected chi connectivity index (χ1v) is 5.01. The zero-order valence-corrected chi connectivity index (χ0v) is 6.84. The van der Waals surface area contributed by atoms with Crippen LogP contribution in [0.3, 0.4) is 0 Å². The van der Waals surface area contributed by atoms with Crippen LogP contribution in [0.4, 0.5) is 0 Å². The van der Waals surface area contributed by atoms with Crippen LogP contribution in [0.15, 0.2) is 0 Å². The molecule has 5 nitrogen and oxygen atoms in total. The third kappa shape index (κ3) is 2.41. The molecule has 2 atom stereocenters. The lowest BCUT2D eigenvalue weighted by atomic mass is 10.1. The van der Waals surface area contributed by atoms with Crippen LogP contribution in [-0.4, -0.2) is 38.0 Å². The fraction of sp³-hybridized carbons (Fsp3) is 1.00. The van der Waals surface area contributed by atoms with E-state index in [4.69, 9.17) is 10.2 Å². The van der Waals surface area contributed by atoms with Gasteiger partial charge in [0.25, 0.3) is 0 Å². The van der Waals surface area contributed by atoms with Crippen molar-refractivity contribution in [2.75, 3.05) is 13.1 Å². The molecule has 0 radical (unpaired) electrons. The smallest absolute Gasteiger partial charge is 0.213 e. The van der Waals surface area contributed by atoms with Gasteiger partial charge >= 0.3 is 0 Å². The summed E-state index contributed by atoms with van der Waals surface area (Å²) in [7, 11) is -3.48. The van der Waals surface area contributed by atoms with Gasteiger partial charge in [-0.1, -0.05) is 0 Å². The van der Waals surface area contributed by atoms with Crippen LogP contribution in [0, 0.1) is 0 Å². The first-order valence-electron chi connectivity index (χ1n) is 3.40. The second-order valence-corrected chi connectivity index (χ2v) is 4.60. The minimum atomic E-state index is -3.48. The molecule has 0 aromatic rings. The summed E-state index contributed by atoms with van der Waals surface area (Å²) in [6, 6.07) is 0. The van der Waals surface area contributed by atoms with E-state index in [1.807, 2.05) is 0 Å². The van der Waals surface area contributed by atoms with Gasteiger partial charge in [-0.3, -0.25) is 0 Å². The zero-order chi connectivity index (χ0) is 8.48. The van der Waals surface area contributed by atoms with Crippen LogP contribution >= 0.6 is 0 Å². The van der Waals surface area contributed by atoms with Gasteiger partial charge in [0, 0.05) is 13.1 Å². The van der Waals surface area contributed by atoms with Gasteiger partial charge in [-0.25, -0.2) is 13.6 Å². The van der Waals surface area contributed by atoms with Gasteiger partial charge < -0.3 is 10.4 Å². The van der Waals surface area contributed by atoms with Crippen LogP contribution < -0.4 is 10.5 Å². The Morgan fingerprint density at radius 3 is 2.45 bits per heavy atom. The third-order valence-electron chi connectivity index (χ3n) is 1.75. The molecule has 1 saturated heterocycles. The van der Waals surface area contributed by atoms with Crippen molar-refractivity contribution < 1.29 is 13.5 Å². The van der Waals surface area contributed by atoms with Crippen molar-refractivity contribution in [1.29, 1.82) is 0 Å². The summed E-state index contributed by atoms with van der Waals surface area (Å²) in [6.45, 7) is 0.794. The topological polar surface area (TPSA) is 92.4 Å². The molecule has 0 aliphatic carbocycles. The maximum Gasteiger partial charge on any atom is 0.213 e. The summed E-state index contributed by atoms with van der Waals surface area (Å²) >= 11 is 0. The first-order chi connectivity index (χ1) is 5.00. The fourth-order valence-corrected chi connectivity index (χ4v) is 1.97. The van der Waals surface area contributed by atoms with Crippen molar-refractivity contribution in [3.8, 4) is 0 Å². The zero-order valence-electron chi connectivity index (χ0n) is 6.03. The Morgan fingerprint density at radius 1 is 1.45 bits per heavy atom.